The largest absolute Gasteiger partial charge is 0.332 e. The van der Waals surface area contributed by atoms with Crippen LogP contribution in [0.1, 0.15) is 62.2 Å². The second-order valence-electron chi connectivity index (χ2n) is 10.3. The highest BCUT2D eigenvalue weighted by Crippen LogP contribution is 2.28. The Morgan fingerprint density at radius 1 is 0.946 bits per heavy atom. The molecule has 0 saturated heterocycles. The average molecular weight is 496 g/mol. The van der Waals surface area contributed by atoms with Crippen molar-refractivity contribution in [3.8, 4) is 5.69 Å². The summed E-state index contributed by atoms with van der Waals surface area (Å²) in [5.41, 5.74) is 4.57. The Morgan fingerprint density at radius 2 is 1.65 bits per heavy atom. The van der Waals surface area contributed by atoms with Crippen LogP contribution in [-0.2, 0) is 11.2 Å². The highest BCUT2D eigenvalue weighted by molar-refractivity contribution is 5.80. The molecule has 1 unspecified atom stereocenters. The minimum absolute atomic E-state index is 0.0488. The summed E-state index contributed by atoms with van der Waals surface area (Å²) >= 11 is 0. The quantitative estimate of drug-likeness (QED) is 0.264. The van der Waals surface area contributed by atoms with Crippen LogP contribution in [0.4, 0.5) is 0 Å². The molecule has 1 atom stereocenters. The molecule has 0 bridgehead atoms. The lowest BCUT2D eigenvalue weighted by Crippen LogP contribution is -2.40. The first kappa shape index (κ1) is 26.3. The molecule has 0 aliphatic heterocycles. The molecule has 4 rings (SSSR count). The van der Waals surface area contributed by atoms with Gasteiger partial charge in [-0.3, -0.25) is 14.2 Å². The van der Waals surface area contributed by atoms with Gasteiger partial charge in [-0.25, -0.2) is 4.98 Å². The van der Waals surface area contributed by atoms with Gasteiger partial charge in [0.25, 0.3) is 5.56 Å². The Labute approximate surface area is 219 Å². The number of nitrogens with zero attached hydrogens (tertiary/aromatic N) is 3. The lowest BCUT2D eigenvalue weighted by Gasteiger charge is -2.33. The van der Waals surface area contributed by atoms with Crippen molar-refractivity contribution in [2.24, 2.45) is 5.92 Å². The minimum atomic E-state index is -0.339. The smallest absolute Gasteiger partial charge is 0.266 e. The zero-order chi connectivity index (χ0) is 26.5. The van der Waals surface area contributed by atoms with E-state index in [9.17, 15) is 9.59 Å². The Kier molecular flexibility index (Phi) is 8.22. The Bertz CT molecular complexity index is 1440. The van der Waals surface area contributed by atoms with E-state index in [1.165, 1.54) is 0 Å². The summed E-state index contributed by atoms with van der Waals surface area (Å²) in [5, 5.41) is 0.573. The number of carbonyl (C=O) groups is 1. The fraction of sp³-hybridized carbons (Fsp3) is 0.344. The van der Waals surface area contributed by atoms with Crippen LogP contribution in [0, 0.1) is 19.8 Å². The molecule has 0 N–H and O–H groups in total. The van der Waals surface area contributed by atoms with Gasteiger partial charge in [-0.15, -0.1) is 0 Å². The van der Waals surface area contributed by atoms with E-state index in [2.05, 4.69) is 27.7 Å². The van der Waals surface area contributed by atoms with Crippen LogP contribution in [0.3, 0.4) is 0 Å². The van der Waals surface area contributed by atoms with Crippen molar-refractivity contribution in [3.63, 3.8) is 0 Å². The predicted molar refractivity (Wildman–Crippen MR) is 151 cm³/mol. The number of para-hydroxylation sites is 1. The van der Waals surface area contributed by atoms with Crippen molar-refractivity contribution >= 4 is 16.8 Å². The number of benzene rings is 3. The van der Waals surface area contributed by atoms with Crippen LogP contribution in [0.5, 0.6) is 0 Å². The van der Waals surface area contributed by atoms with Crippen LogP contribution >= 0.6 is 0 Å². The third kappa shape index (κ3) is 5.82. The number of rotatable bonds is 9. The van der Waals surface area contributed by atoms with Gasteiger partial charge in [-0.05, 0) is 73.6 Å². The number of hydrogen-bond acceptors (Lipinski definition) is 3. The molecular weight excluding hydrogens is 458 g/mol. The molecule has 1 amide bonds. The van der Waals surface area contributed by atoms with Crippen LogP contribution < -0.4 is 5.56 Å². The van der Waals surface area contributed by atoms with Gasteiger partial charge in [0, 0.05) is 6.54 Å². The standard InChI is InChI=1S/C32H37N3O2/c1-6-29(34(19-18-22(2)3)30(36)21-25-12-8-7-9-13-25)31-33-28-15-11-10-14-27(28)32(37)35(31)26-17-16-23(4)24(5)20-26/h7-17,20,22,29H,6,18-19,21H2,1-5H3. The summed E-state index contributed by atoms with van der Waals surface area (Å²) < 4.78 is 1.72. The van der Waals surface area contributed by atoms with Gasteiger partial charge < -0.3 is 4.90 Å². The minimum Gasteiger partial charge on any atom is -0.332 e. The molecular formula is C32H37N3O2. The molecule has 5 nitrogen and oxygen atoms in total. The Balaban J connectivity index is 1.89. The van der Waals surface area contributed by atoms with Crippen molar-refractivity contribution in [3.05, 3.63) is 106 Å². The monoisotopic (exact) mass is 495 g/mol. The summed E-state index contributed by atoms with van der Waals surface area (Å²) in [6, 6.07) is 23.0. The summed E-state index contributed by atoms with van der Waals surface area (Å²) in [5.74, 6) is 1.10. The summed E-state index contributed by atoms with van der Waals surface area (Å²) in [6.07, 6.45) is 1.84. The van der Waals surface area contributed by atoms with Gasteiger partial charge >= 0.3 is 0 Å². The summed E-state index contributed by atoms with van der Waals surface area (Å²) in [4.78, 5) is 34.7. The number of fused-ring (bicyclic) bond motifs is 1. The zero-order valence-electron chi connectivity index (χ0n) is 22.6. The van der Waals surface area contributed by atoms with Gasteiger partial charge in [0.05, 0.1) is 29.1 Å². The van der Waals surface area contributed by atoms with E-state index < -0.39 is 0 Å². The van der Waals surface area contributed by atoms with Gasteiger partial charge in [0.1, 0.15) is 5.82 Å². The first-order chi connectivity index (χ1) is 17.8. The van der Waals surface area contributed by atoms with Crippen molar-refractivity contribution in [2.75, 3.05) is 6.54 Å². The van der Waals surface area contributed by atoms with Crippen molar-refractivity contribution in [2.45, 2.75) is 59.9 Å². The maximum atomic E-state index is 13.9. The number of aromatic nitrogens is 2. The average Bonchev–Trinajstić information content (AvgIpc) is 2.88. The van der Waals surface area contributed by atoms with E-state index in [-0.39, 0.29) is 17.5 Å². The van der Waals surface area contributed by atoms with Crippen molar-refractivity contribution in [1.29, 1.82) is 0 Å². The molecule has 5 heteroatoms. The molecule has 0 aliphatic carbocycles. The first-order valence-corrected chi connectivity index (χ1v) is 13.2. The van der Waals surface area contributed by atoms with E-state index >= 15 is 0 Å². The number of hydrogen-bond donors (Lipinski definition) is 0. The maximum absolute atomic E-state index is 13.9. The fourth-order valence-electron chi connectivity index (χ4n) is 4.75. The number of aryl methyl sites for hydroxylation is 2. The van der Waals surface area contributed by atoms with E-state index in [0.717, 1.165) is 28.8 Å². The van der Waals surface area contributed by atoms with E-state index in [1.54, 1.807) is 4.57 Å². The fourth-order valence-corrected chi connectivity index (χ4v) is 4.75. The molecule has 192 valence electrons. The molecule has 0 aliphatic rings. The van der Waals surface area contributed by atoms with E-state index in [0.29, 0.717) is 42.0 Å². The first-order valence-electron chi connectivity index (χ1n) is 13.2. The molecule has 1 heterocycles. The highest BCUT2D eigenvalue weighted by Gasteiger charge is 2.29. The Morgan fingerprint density at radius 3 is 2.32 bits per heavy atom. The van der Waals surface area contributed by atoms with Gasteiger partial charge in [-0.2, -0.15) is 0 Å². The molecule has 37 heavy (non-hydrogen) atoms. The predicted octanol–water partition coefficient (Wildman–Crippen LogP) is 6.57. The second kappa shape index (κ2) is 11.5. The lowest BCUT2D eigenvalue weighted by atomic mass is 10.0. The maximum Gasteiger partial charge on any atom is 0.266 e. The van der Waals surface area contributed by atoms with Crippen molar-refractivity contribution < 1.29 is 4.79 Å². The van der Waals surface area contributed by atoms with Crippen LogP contribution in [0.25, 0.3) is 16.6 Å². The van der Waals surface area contributed by atoms with E-state index in [1.807, 2.05) is 84.6 Å². The van der Waals surface area contributed by atoms with E-state index in [4.69, 9.17) is 4.98 Å². The van der Waals surface area contributed by atoms with Gasteiger partial charge in [0.2, 0.25) is 5.91 Å². The molecule has 0 saturated carbocycles. The zero-order valence-corrected chi connectivity index (χ0v) is 22.6. The normalized spacial score (nSPS) is 12.2. The lowest BCUT2D eigenvalue weighted by molar-refractivity contribution is -0.133. The molecule has 0 radical (unpaired) electrons. The molecule has 1 aromatic heterocycles. The number of carbonyl (C=O) groups excluding carboxylic acids is 1. The summed E-state index contributed by atoms with van der Waals surface area (Å²) in [6.45, 7) is 11.1. The molecule has 4 aromatic rings. The third-order valence-corrected chi connectivity index (χ3v) is 7.08. The SMILES string of the molecule is CCC(c1nc2ccccc2c(=O)n1-c1ccc(C)c(C)c1)N(CCC(C)C)C(=O)Cc1ccccc1. The van der Waals surface area contributed by atoms with Gasteiger partial charge in [-0.1, -0.05) is 69.3 Å². The van der Waals surface area contributed by atoms with Gasteiger partial charge in [0.15, 0.2) is 0 Å². The second-order valence-corrected chi connectivity index (χ2v) is 10.3. The Hall–Kier alpha value is -3.73. The summed E-state index contributed by atoms with van der Waals surface area (Å²) in [7, 11) is 0. The van der Waals surface area contributed by atoms with Crippen LogP contribution in [0.2, 0.25) is 0 Å². The highest BCUT2D eigenvalue weighted by atomic mass is 16.2. The molecule has 0 fully saturated rings. The van der Waals surface area contributed by atoms with Crippen LogP contribution in [-0.4, -0.2) is 26.9 Å². The van der Waals surface area contributed by atoms with Crippen LogP contribution in [0.15, 0.2) is 77.6 Å². The molecule has 0 spiro atoms. The topological polar surface area (TPSA) is 55.2 Å². The number of amides is 1. The molecule has 3 aromatic carbocycles. The van der Waals surface area contributed by atoms with Crippen molar-refractivity contribution in [1.82, 2.24) is 14.5 Å². The third-order valence-electron chi connectivity index (χ3n) is 7.08.